The van der Waals surface area contributed by atoms with E-state index >= 15 is 0 Å². The van der Waals surface area contributed by atoms with Gasteiger partial charge in [0.2, 0.25) is 11.7 Å². The van der Waals surface area contributed by atoms with Crippen LogP contribution in [0.15, 0.2) is 58.4 Å². The maximum Gasteiger partial charge on any atom is 0.237 e. The first-order chi connectivity index (χ1) is 14.6. The fraction of sp³-hybridized carbons (Fsp3) is 0.238. The Morgan fingerprint density at radius 2 is 2.17 bits per heavy atom. The summed E-state index contributed by atoms with van der Waals surface area (Å²) in [6.07, 6.45) is 3.27. The van der Waals surface area contributed by atoms with Crippen LogP contribution < -0.4 is 10.1 Å². The molecule has 0 saturated heterocycles. The van der Waals surface area contributed by atoms with Gasteiger partial charge >= 0.3 is 0 Å². The fourth-order valence-corrected chi connectivity index (χ4v) is 3.96. The number of carbonyl (C=O) groups excluding carboxylic acids is 1. The van der Waals surface area contributed by atoms with E-state index in [1.807, 2.05) is 42.7 Å². The number of thioether (sulfide) groups is 1. The standard InChI is InChI=1S/C21H21N5O3S/c1-4-26-19(17-11-14-7-5-9-16(28-3)18(14)29-17)24-25-21(26)30-13(2)20(27)23-15-8-6-10-22-12-15/h5-13H,4H2,1-3H3,(H,23,27)/t13-/m1/s1. The van der Waals surface area contributed by atoms with Crippen molar-refractivity contribution in [2.45, 2.75) is 30.8 Å². The SMILES string of the molecule is CCn1c(S[C@H](C)C(=O)Nc2cccnc2)nnc1-c1cc2cccc(OC)c2o1. The fourth-order valence-electron chi connectivity index (χ4n) is 3.04. The van der Waals surface area contributed by atoms with Crippen molar-refractivity contribution in [2.75, 3.05) is 12.4 Å². The molecule has 1 aromatic carbocycles. The summed E-state index contributed by atoms with van der Waals surface area (Å²) in [6.45, 7) is 4.47. The van der Waals surface area contributed by atoms with Gasteiger partial charge in [-0.05, 0) is 38.1 Å². The van der Waals surface area contributed by atoms with Crippen LogP contribution in [0.2, 0.25) is 0 Å². The first-order valence-corrected chi connectivity index (χ1v) is 10.4. The molecule has 0 spiro atoms. The lowest BCUT2D eigenvalue weighted by molar-refractivity contribution is -0.115. The minimum absolute atomic E-state index is 0.131. The summed E-state index contributed by atoms with van der Waals surface area (Å²) in [5.41, 5.74) is 1.32. The van der Waals surface area contributed by atoms with Crippen LogP contribution >= 0.6 is 11.8 Å². The van der Waals surface area contributed by atoms with Gasteiger partial charge in [-0.1, -0.05) is 23.9 Å². The Labute approximate surface area is 177 Å². The van der Waals surface area contributed by atoms with Crippen molar-refractivity contribution in [3.8, 4) is 17.3 Å². The van der Waals surface area contributed by atoms with Crippen LogP contribution in [0.3, 0.4) is 0 Å². The van der Waals surface area contributed by atoms with Gasteiger partial charge in [-0.3, -0.25) is 14.3 Å². The number of pyridine rings is 1. The van der Waals surface area contributed by atoms with E-state index in [0.717, 1.165) is 5.39 Å². The number of furan rings is 1. The predicted molar refractivity (Wildman–Crippen MR) is 116 cm³/mol. The highest BCUT2D eigenvalue weighted by Gasteiger charge is 2.22. The third kappa shape index (κ3) is 3.88. The quantitative estimate of drug-likeness (QED) is 0.444. The molecular weight excluding hydrogens is 402 g/mol. The van der Waals surface area contributed by atoms with Gasteiger partial charge in [0.15, 0.2) is 22.2 Å². The molecule has 8 nitrogen and oxygen atoms in total. The zero-order valence-corrected chi connectivity index (χ0v) is 17.6. The van der Waals surface area contributed by atoms with Crippen LogP contribution in [0.25, 0.3) is 22.6 Å². The smallest absolute Gasteiger partial charge is 0.237 e. The third-order valence-corrected chi connectivity index (χ3v) is 5.64. The highest BCUT2D eigenvalue weighted by Crippen LogP contribution is 2.34. The average molecular weight is 423 g/mol. The van der Waals surface area contributed by atoms with Gasteiger partial charge in [-0.15, -0.1) is 10.2 Å². The second kappa shape index (κ2) is 8.58. The number of fused-ring (bicyclic) bond motifs is 1. The number of nitrogens with one attached hydrogen (secondary N) is 1. The van der Waals surface area contributed by atoms with Crippen molar-refractivity contribution in [1.82, 2.24) is 19.7 Å². The summed E-state index contributed by atoms with van der Waals surface area (Å²) < 4.78 is 13.3. The molecule has 0 aliphatic carbocycles. The largest absolute Gasteiger partial charge is 0.493 e. The number of nitrogens with zero attached hydrogens (tertiary/aromatic N) is 4. The first kappa shape index (κ1) is 20.0. The number of rotatable bonds is 7. The van der Waals surface area contributed by atoms with Crippen molar-refractivity contribution in [3.63, 3.8) is 0 Å². The Balaban J connectivity index is 1.57. The normalized spacial score (nSPS) is 12.1. The minimum Gasteiger partial charge on any atom is -0.493 e. The van der Waals surface area contributed by atoms with Crippen LogP contribution in [0, 0.1) is 0 Å². The molecule has 4 aromatic rings. The number of hydrogen-bond donors (Lipinski definition) is 1. The van der Waals surface area contributed by atoms with Gasteiger partial charge in [-0.25, -0.2) is 0 Å². The Hall–Kier alpha value is -3.33. The number of methoxy groups -OCH3 is 1. The van der Waals surface area contributed by atoms with Crippen LogP contribution in [-0.4, -0.2) is 38.0 Å². The van der Waals surface area contributed by atoms with Crippen molar-refractivity contribution < 1.29 is 13.9 Å². The molecule has 1 atom stereocenters. The van der Waals surface area contributed by atoms with Crippen molar-refractivity contribution in [2.24, 2.45) is 0 Å². The van der Waals surface area contributed by atoms with E-state index in [0.29, 0.717) is 40.3 Å². The van der Waals surface area contributed by atoms with Gasteiger partial charge < -0.3 is 14.5 Å². The number of benzene rings is 1. The van der Waals surface area contributed by atoms with E-state index in [9.17, 15) is 4.79 Å². The highest BCUT2D eigenvalue weighted by atomic mass is 32.2. The highest BCUT2D eigenvalue weighted by molar-refractivity contribution is 8.00. The summed E-state index contributed by atoms with van der Waals surface area (Å²) in [7, 11) is 1.61. The number of carbonyl (C=O) groups is 1. The summed E-state index contributed by atoms with van der Waals surface area (Å²) in [6, 6.07) is 11.2. The van der Waals surface area contributed by atoms with Crippen LogP contribution in [0.1, 0.15) is 13.8 Å². The number of anilines is 1. The molecule has 1 amide bonds. The predicted octanol–water partition coefficient (Wildman–Crippen LogP) is 4.23. The summed E-state index contributed by atoms with van der Waals surface area (Å²) in [4.78, 5) is 16.5. The Kier molecular flexibility index (Phi) is 5.71. The zero-order chi connectivity index (χ0) is 21.1. The molecule has 0 aliphatic rings. The van der Waals surface area contributed by atoms with Crippen LogP contribution in [0.4, 0.5) is 5.69 Å². The van der Waals surface area contributed by atoms with Gasteiger partial charge in [0, 0.05) is 18.1 Å². The second-order valence-electron chi connectivity index (χ2n) is 6.53. The van der Waals surface area contributed by atoms with Crippen LogP contribution in [0.5, 0.6) is 5.75 Å². The molecule has 4 rings (SSSR count). The molecule has 0 fully saturated rings. The summed E-state index contributed by atoms with van der Waals surface area (Å²) in [5.74, 6) is 1.74. The first-order valence-electron chi connectivity index (χ1n) is 9.48. The molecule has 0 saturated carbocycles. The molecule has 0 bridgehead atoms. The van der Waals surface area contributed by atoms with E-state index in [-0.39, 0.29) is 11.2 Å². The average Bonchev–Trinajstić information content (AvgIpc) is 3.37. The molecule has 3 heterocycles. The zero-order valence-electron chi connectivity index (χ0n) is 16.8. The number of para-hydroxylation sites is 1. The molecule has 0 radical (unpaired) electrons. The monoisotopic (exact) mass is 423 g/mol. The molecule has 0 unspecified atom stereocenters. The maximum absolute atomic E-state index is 12.5. The van der Waals surface area contributed by atoms with Crippen molar-refractivity contribution >= 4 is 34.3 Å². The van der Waals surface area contributed by atoms with Crippen LogP contribution in [-0.2, 0) is 11.3 Å². The molecule has 1 N–H and O–H groups in total. The van der Waals surface area contributed by atoms with Gasteiger partial charge in [0.1, 0.15) is 0 Å². The van der Waals surface area contributed by atoms with E-state index in [1.54, 1.807) is 31.6 Å². The lowest BCUT2D eigenvalue weighted by atomic mass is 10.2. The molecule has 3 aromatic heterocycles. The number of amides is 1. The third-order valence-electron chi connectivity index (χ3n) is 4.56. The Bertz CT molecular complexity index is 1170. The minimum atomic E-state index is -0.372. The van der Waals surface area contributed by atoms with Gasteiger partial charge in [0.25, 0.3) is 0 Å². The molecule has 154 valence electrons. The topological polar surface area (TPSA) is 95.1 Å². The number of aromatic nitrogens is 4. The molecule has 0 aliphatic heterocycles. The lowest BCUT2D eigenvalue weighted by Gasteiger charge is -2.12. The van der Waals surface area contributed by atoms with Gasteiger partial charge in [0.05, 0.1) is 24.2 Å². The van der Waals surface area contributed by atoms with E-state index in [2.05, 4.69) is 20.5 Å². The summed E-state index contributed by atoms with van der Waals surface area (Å²) in [5, 5.41) is 12.7. The van der Waals surface area contributed by atoms with Gasteiger partial charge in [-0.2, -0.15) is 0 Å². The number of hydrogen-bond acceptors (Lipinski definition) is 7. The summed E-state index contributed by atoms with van der Waals surface area (Å²) >= 11 is 1.34. The second-order valence-corrected chi connectivity index (χ2v) is 7.84. The van der Waals surface area contributed by atoms with E-state index in [4.69, 9.17) is 9.15 Å². The Morgan fingerprint density at radius 1 is 1.30 bits per heavy atom. The van der Waals surface area contributed by atoms with E-state index < -0.39 is 0 Å². The van der Waals surface area contributed by atoms with Crippen molar-refractivity contribution in [1.29, 1.82) is 0 Å². The lowest BCUT2D eigenvalue weighted by Crippen LogP contribution is -2.23. The number of ether oxygens (including phenoxy) is 1. The maximum atomic E-state index is 12.5. The van der Waals surface area contributed by atoms with Crippen molar-refractivity contribution in [3.05, 3.63) is 48.8 Å². The molecule has 30 heavy (non-hydrogen) atoms. The molecule has 9 heteroatoms. The van der Waals surface area contributed by atoms with E-state index in [1.165, 1.54) is 11.8 Å². The Morgan fingerprint density at radius 3 is 2.90 bits per heavy atom. The molecular formula is C21H21N5O3S.